The molecule has 0 radical (unpaired) electrons. The fraction of sp³-hybridized carbons (Fsp3) is 0.364. The van der Waals surface area contributed by atoms with Gasteiger partial charge in [0.2, 0.25) is 5.88 Å². The summed E-state index contributed by atoms with van der Waals surface area (Å²) in [4.78, 5) is 24.7. The average molecular weight is 509 g/mol. The number of carbonyl (C=O) groups excluding carboxylic acids is 1. The Hall–Kier alpha value is -3.37. The number of nitrogens with zero attached hydrogens (tertiary/aromatic N) is 3. The predicted molar refractivity (Wildman–Crippen MR) is 120 cm³/mol. The normalized spacial score (nSPS) is 26.1. The molecule has 1 amide bonds. The number of aliphatic imine (C=N–C) groups is 1. The van der Waals surface area contributed by atoms with Crippen molar-refractivity contribution < 1.29 is 32.2 Å². The van der Waals surface area contributed by atoms with E-state index in [2.05, 4.69) is 26.2 Å². The summed E-state index contributed by atoms with van der Waals surface area (Å²) in [6.45, 7) is 1.44. The van der Waals surface area contributed by atoms with Gasteiger partial charge >= 0.3 is 6.18 Å². The van der Waals surface area contributed by atoms with Gasteiger partial charge in [-0.25, -0.2) is 14.4 Å². The number of anilines is 1. The Balaban J connectivity index is 1.59. The summed E-state index contributed by atoms with van der Waals surface area (Å²) in [6.07, 6.45) is -0.144. The van der Waals surface area contributed by atoms with E-state index in [0.717, 1.165) is 12.3 Å². The Morgan fingerprint density at radius 1 is 1.43 bits per heavy atom. The van der Waals surface area contributed by atoms with E-state index >= 15 is 0 Å². The van der Waals surface area contributed by atoms with Crippen molar-refractivity contribution in [2.24, 2.45) is 16.6 Å². The molecule has 2 heterocycles. The van der Waals surface area contributed by atoms with E-state index in [4.69, 9.17) is 16.9 Å². The smallest absolute Gasteiger partial charge is 0.415 e. The number of aliphatic hydroxyl groups is 1. The van der Waals surface area contributed by atoms with Crippen molar-refractivity contribution in [1.82, 2.24) is 9.97 Å². The molecule has 0 saturated heterocycles. The second kappa shape index (κ2) is 8.69. The Kier molecular flexibility index (Phi) is 6.14. The minimum atomic E-state index is -4.88. The molecule has 35 heavy (non-hydrogen) atoms. The fourth-order valence-electron chi connectivity index (χ4n) is 4.26. The second-order valence-electron chi connectivity index (χ2n) is 8.24. The van der Waals surface area contributed by atoms with Gasteiger partial charge in [0.1, 0.15) is 11.5 Å². The first-order valence-electron chi connectivity index (χ1n) is 10.2. The van der Waals surface area contributed by atoms with E-state index in [-0.39, 0.29) is 41.0 Å². The highest BCUT2D eigenvalue weighted by atomic mass is 32.2. The van der Waals surface area contributed by atoms with Gasteiger partial charge in [0, 0.05) is 17.2 Å². The minimum absolute atomic E-state index is 0.0227. The number of nitrogens with two attached hydrogens (primary N) is 1. The Morgan fingerprint density at radius 3 is 2.80 bits per heavy atom. The summed E-state index contributed by atoms with van der Waals surface area (Å²) >= 11 is 0.648. The van der Waals surface area contributed by atoms with Gasteiger partial charge in [-0.1, -0.05) is 17.7 Å². The summed E-state index contributed by atoms with van der Waals surface area (Å²) < 4.78 is 58.3. The number of amides is 1. The lowest BCUT2D eigenvalue weighted by Crippen LogP contribution is -2.47. The highest BCUT2D eigenvalue weighted by Crippen LogP contribution is 2.68. The number of carbonyl (C=O) groups is 1. The van der Waals surface area contributed by atoms with E-state index in [9.17, 15) is 27.5 Å². The first-order chi connectivity index (χ1) is 16.4. The van der Waals surface area contributed by atoms with E-state index < -0.39 is 40.2 Å². The van der Waals surface area contributed by atoms with Crippen molar-refractivity contribution in [1.29, 1.82) is 0 Å². The van der Waals surface area contributed by atoms with Crippen LogP contribution in [0, 0.1) is 24.1 Å². The molecule has 2 aliphatic rings. The molecule has 13 heteroatoms. The molecule has 0 spiro atoms. The van der Waals surface area contributed by atoms with Gasteiger partial charge in [0.25, 0.3) is 5.91 Å². The molecule has 184 valence electrons. The van der Waals surface area contributed by atoms with Crippen LogP contribution in [-0.2, 0) is 5.54 Å². The predicted octanol–water partition coefficient (Wildman–Crippen LogP) is 2.84. The summed E-state index contributed by atoms with van der Waals surface area (Å²) in [6, 6.07) is 3.63. The minimum Gasteiger partial charge on any atom is -0.463 e. The fourth-order valence-corrected chi connectivity index (χ4v) is 5.76. The number of thioether (sulfide) groups is 1. The molecule has 4 atom stereocenters. The maximum atomic E-state index is 14.9. The Morgan fingerprint density at radius 2 is 2.17 bits per heavy atom. The average Bonchev–Trinajstić information content (AvgIpc) is 3.54. The molecule has 1 aliphatic heterocycles. The molecule has 1 aliphatic carbocycles. The van der Waals surface area contributed by atoms with Crippen LogP contribution in [0.2, 0.25) is 0 Å². The Bertz CT molecular complexity index is 1230. The van der Waals surface area contributed by atoms with E-state index in [1.54, 1.807) is 0 Å². The van der Waals surface area contributed by atoms with E-state index in [1.807, 2.05) is 0 Å². The largest absolute Gasteiger partial charge is 0.463 e. The number of hydrogen-bond donors (Lipinski definition) is 3. The molecule has 4 rings (SSSR count). The van der Waals surface area contributed by atoms with Gasteiger partial charge in [-0.05, 0) is 31.5 Å². The molecule has 1 saturated carbocycles. The SMILES string of the molecule is C#CCOc1cnc(C(=O)Nc2ccc(F)c([C@@]3(C)N=C(N)S[C@@]4([C@@H](O)C(F)(F)F)C[C@H]43)c2)cn1. The third-order valence-electron chi connectivity index (χ3n) is 5.98. The molecule has 0 bridgehead atoms. The number of aliphatic hydroxyl groups excluding tert-OH is 1. The molecule has 1 fully saturated rings. The highest BCUT2D eigenvalue weighted by Gasteiger charge is 2.74. The number of ether oxygens (including phenoxy) is 1. The first-order valence-corrected chi connectivity index (χ1v) is 11.0. The van der Waals surface area contributed by atoms with Crippen molar-refractivity contribution in [2.75, 3.05) is 11.9 Å². The van der Waals surface area contributed by atoms with Gasteiger partial charge < -0.3 is 20.9 Å². The van der Waals surface area contributed by atoms with Gasteiger partial charge in [-0.2, -0.15) is 13.2 Å². The van der Waals surface area contributed by atoms with Crippen molar-refractivity contribution in [3.05, 3.63) is 47.7 Å². The number of halogens is 4. The molecule has 1 aromatic carbocycles. The molecule has 1 aromatic heterocycles. The van der Waals surface area contributed by atoms with Crippen molar-refractivity contribution in [2.45, 2.75) is 35.9 Å². The van der Waals surface area contributed by atoms with Crippen LogP contribution < -0.4 is 15.8 Å². The lowest BCUT2D eigenvalue weighted by Gasteiger charge is -2.36. The van der Waals surface area contributed by atoms with Gasteiger partial charge in [0.15, 0.2) is 17.9 Å². The van der Waals surface area contributed by atoms with E-state index in [0.29, 0.717) is 11.8 Å². The van der Waals surface area contributed by atoms with Crippen LogP contribution in [0.4, 0.5) is 23.2 Å². The number of nitrogens with one attached hydrogen (secondary N) is 1. The molecular formula is C22H19F4N5O3S. The first kappa shape index (κ1) is 24.7. The zero-order valence-corrected chi connectivity index (χ0v) is 19.0. The monoisotopic (exact) mass is 509 g/mol. The number of benzene rings is 1. The quantitative estimate of drug-likeness (QED) is 0.404. The summed E-state index contributed by atoms with van der Waals surface area (Å²) in [5, 5.41) is 12.4. The number of hydrogen-bond acceptors (Lipinski definition) is 8. The van der Waals surface area contributed by atoms with Crippen molar-refractivity contribution >= 4 is 28.5 Å². The Labute approximate surface area is 201 Å². The maximum Gasteiger partial charge on any atom is 0.415 e. The zero-order valence-electron chi connectivity index (χ0n) is 18.1. The molecule has 4 N–H and O–H groups in total. The molecule has 2 aromatic rings. The number of rotatable bonds is 6. The number of terminal acetylenes is 1. The van der Waals surface area contributed by atoms with Crippen molar-refractivity contribution in [3.63, 3.8) is 0 Å². The van der Waals surface area contributed by atoms with Crippen LogP contribution in [-0.4, -0.2) is 49.8 Å². The highest BCUT2D eigenvalue weighted by molar-refractivity contribution is 8.15. The zero-order chi connectivity index (χ0) is 25.6. The van der Waals surface area contributed by atoms with Crippen LogP contribution in [0.5, 0.6) is 5.88 Å². The topological polar surface area (TPSA) is 123 Å². The number of fused-ring (bicyclic) bond motifs is 1. The van der Waals surface area contributed by atoms with Crippen LogP contribution in [0.15, 0.2) is 35.6 Å². The van der Waals surface area contributed by atoms with Gasteiger partial charge in [0.05, 0.1) is 22.7 Å². The maximum absolute atomic E-state index is 14.9. The van der Waals surface area contributed by atoms with Crippen molar-refractivity contribution in [3.8, 4) is 18.2 Å². The molecular weight excluding hydrogens is 490 g/mol. The number of amidine groups is 1. The van der Waals surface area contributed by atoms with Crippen LogP contribution >= 0.6 is 11.8 Å². The summed E-state index contributed by atoms with van der Waals surface area (Å²) in [5.41, 5.74) is 4.34. The lowest BCUT2D eigenvalue weighted by molar-refractivity contribution is -0.207. The third-order valence-corrected chi connectivity index (χ3v) is 7.33. The van der Waals surface area contributed by atoms with E-state index in [1.165, 1.54) is 25.3 Å². The van der Waals surface area contributed by atoms with Crippen LogP contribution in [0.3, 0.4) is 0 Å². The third kappa shape index (κ3) is 4.51. The summed E-state index contributed by atoms with van der Waals surface area (Å²) in [5.74, 6) is 0.131. The standard InChI is InChI=1S/C22H19F4N5O3S/c1-3-6-34-16-10-28-14(9-29-16)17(32)30-11-4-5-13(23)12(7-11)20(2)15-8-21(15,35-19(27)31-20)18(33)22(24,25)26/h1,4-5,7,9-10,15,18,33H,6,8H2,2H3,(H2,27,31)(H,30,32)/t15-,18+,20+,21-/m0/s1. The van der Waals surface area contributed by atoms with Crippen LogP contribution in [0.1, 0.15) is 29.4 Å². The second-order valence-corrected chi connectivity index (χ2v) is 9.62. The summed E-state index contributed by atoms with van der Waals surface area (Å²) in [7, 11) is 0. The van der Waals surface area contributed by atoms with Gasteiger partial charge in [-0.3, -0.25) is 9.79 Å². The molecule has 0 unspecified atom stereocenters. The number of alkyl halides is 3. The van der Waals surface area contributed by atoms with Crippen LogP contribution in [0.25, 0.3) is 0 Å². The molecule has 8 nitrogen and oxygen atoms in total. The van der Waals surface area contributed by atoms with Gasteiger partial charge in [-0.15, -0.1) is 6.42 Å². The number of aromatic nitrogens is 2. The lowest BCUT2D eigenvalue weighted by atomic mass is 9.84.